The fourth-order valence-electron chi connectivity index (χ4n) is 3.00. The highest BCUT2D eigenvalue weighted by Crippen LogP contribution is 2.32. The number of nitrogens with zero attached hydrogens (tertiary/aromatic N) is 2. The first-order chi connectivity index (χ1) is 10.1. The number of carbonyl (C=O) groups is 2. The molecule has 0 atom stereocenters. The third-order valence-electron chi connectivity index (χ3n) is 4.25. The molecule has 1 saturated heterocycles. The number of aromatic nitrogens is 1. The second kappa shape index (κ2) is 5.97. The number of allylic oxidation sites excluding steroid dienone is 2. The zero-order valence-electron chi connectivity index (χ0n) is 11.7. The van der Waals surface area contributed by atoms with Gasteiger partial charge in [0.2, 0.25) is 5.91 Å². The van der Waals surface area contributed by atoms with Gasteiger partial charge in [-0.1, -0.05) is 12.2 Å². The molecule has 112 valence electrons. The first-order valence-electron chi connectivity index (χ1n) is 7.28. The van der Waals surface area contributed by atoms with Crippen LogP contribution in [0.15, 0.2) is 18.3 Å². The second-order valence-corrected chi connectivity index (χ2v) is 6.67. The number of piperidine rings is 1. The highest BCUT2D eigenvalue weighted by molar-refractivity contribution is 7.13. The molecule has 0 unspecified atom stereocenters. The number of hydrogen-bond acceptors (Lipinski definition) is 4. The van der Waals surface area contributed by atoms with Crippen LogP contribution in [-0.2, 0) is 4.79 Å². The van der Waals surface area contributed by atoms with E-state index in [1.807, 2.05) is 4.90 Å². The van der Waals surface area contributed by atoms with Crippen LogP contribution in [-0.4, -0.2) is 40.0 Å². The third-order valence-corrected chi connectivity index (χ3v) is 5.40. The van der Waals surface area contributed by atoms with Crippen LogP contribution in [0.4, 0.5) is 0 Å². The number of likely N-dealkylation sites (tertiary alicyclic amines) is 1. The van der Waals surface area contributed by atoms with E-state index in [0.29, 0.717) is 4.88 Å². The van der Waals surface area contributed by atoms with Gasteiger partial charge < -0.3 is 10.0 Å². The van der Waals surface area contributed by atoms with Crippen molar-refractivity contribution in [2.75, 3.05) is 13.1 Å². The smallest absolute Gasteiger partial charge is 0.347 e. The molecule has 1 fully saturated rings. The molecule has 2 aliphatic rings. The van der Waals surface area contributed by atoms with Crippen molar-refractivity contribution in [1.29, 1.82) is 0 Å². The Balaban J connectivity index is 1.57. The van der Waals surface area contributed by atoms with Gasteiger partial charge in [-0.15, -0.1) is 11.3 Å². The van der Waals surface area contributed by atoms with Gasteiger partial charge in [0.25, 0.3) is 0 Å². The highest BCUT2D eigenvalue weighted by Gasteiger charge is 2.30. The average Bonchev–Trinajstić information content (AvgIpc) is 3.18. The zero-order chi connectivity index (χ0) is 14.8. The molecule has 0 spiro atoms. The van der Waals surface area contributed by atoms with Gasteiger partial charge in [-0.2, -0.15) is 0 Å². The molecule has 1 aliphatic heterocycles. The van der Waals surface area contributed by atoms with E-state index in [-0.39, 0.29) is 17.7 Å². The van der Waals surface area contributed by atoms with Crippen molar-refractivity contribution in [1.82, 2.24) is 9.88 Å². The lowest BCUT2D eigenvalue weighted by Gasteiger charge is -2.32. The first kappa shape index (κ1) is 14.3. The number of amides is 1. The quantitative estimate of drug-likeness (QED) is 0.871. The molecule has 3 rings (SSSR count). The van der Waals surface area contributed by atoms with Gasteiger partial charge in [0.05, 0.1) is 11.2 Å². The van der Waals surface area contributed by atoms with Crippen LogP contribution >= 0.6 is 11.3 Å². The zero-order valence-corrected chi connectivity index (χ0v) is 12.5. The van der Waals surface area contributed by atoms with Gasteiger partial charge in [-0.3, -0.25) is 4.79 Å². The van der Waals surface area contributed by atoms with Gasteiger partial charge in [0.15, 0.2) is 0 Å². The molecule has 2 heterocycles. The Morgan fingerprint density at radius 1 is 1.24 bits per heavy atom. The Morgan fingerprint density at radius 2 is 1.90 bits per heavy atom. The lowest BCUT2D eigenvalue weighted by molar-refractivity contribution is -0.136. The summed E-state index contributed by atoms with van der Waals surface area (Å²) in [6.07, 6.45) is 9.08. The minimum atomic E-state index is -0.917. The van der Waals surface area contributed by atoms with Crippen molar-refractivity contribution in [2.45, 2.75) is 31.6 Å². The highest BCUT2D eigenvalue weighted by atomic mass is 32.1. The number of hydrogen-bond donors (Lipinski definition) is 1. The number of carbonyl (C=O) groups excluding carboxylic acids is 1. The van der Waals surface area contributed by atoms with E-state index in [9.17, 15) is 9.59 Å². The Kier molecular flexibility index (Phi) is 4.05. The summed E-state index contributed by atoms with van der Waals surface area (Å²) < 4.78 is 0. The van der Waals surface area contributed by atoms with E-state index < -0.39 is 5.97 Å². The summed E-state index contributed by atoms with van der Waals surface area (Å²) in [5.74, 6) is -0.224. The maximum absolute atomic E-state index is 12.3. The topological polar surface area (TPSA) is 70.5 Å². The predicted octanol–water partition coefficient (Wildman–Crippen LogP) is 2.51. The summed E-state index contributed by atoms with van der Waals surface area (Å²) in [6.45, 7) is 1.50. The summed E-state index contributed by atoms with van der Waals surface area (Å²) in [4.78, 5) is 29.7. The normalized spacial score (nSPS) is 20.1. The third kappa shape index (κ3) is 3.00. The molecule has 6 heteroatoms. The van der Waals surface area contributed by atoms with Crippen LogP contribution in [0.5, 0.6) is 0 Å². The monoisotopic (exact) mass is 306 g/mol. The van der Waals surface area contributed by atoms with E-state index in [0.717, 1.165) is 43.8 Å². The van der Waals surface area contributed by atoms with Crippen LogP contribution in [0, 0.1) is 5.92 Å². The molecule has 1 amide bonds. The number of rotatable bonds is 3. The summed E-state index contributed by atoms with van der Waals surface area (Å²) in [6, 6.07) is 0. The lowest BCUT2D eigenvalue weighted by Crippen LogP contribution is -2.40. The van der Waals surface area contributed by atoms with Crippen LogP contribution in [0.1, 0.15) is 46.3 Å². The van der Waals surface area contributed by atoms with Crippen molar-refractivity contribution in [3.05, 3.63) is 28.2 Å². The van der Waals surface area contributed by atoms with E-state index in [1.165, 1.54) is 17.5 Å². The molecular weight excluding hydrogens is 288 g/mol. The minimum Gasteiger partial charge on any atom is -0.477 e. The van der Waals surface area contributed by atoms with Gasteiger partial charge in [-0.25, -0.2) is 9.78 Å². The van der Waals surface area contributed by atoms with Gasteiger partial charge in [-0.05, 0) is 25.7 Å². The molecule has 0 bridgehead atoms. The largest absolute Gasteiger partial charge is 0.477 e. The Labute approximate surface area is 127 Å². The molecule has 5 nitrogen and oxygen atoms in total. The van der Waals surface area contributed by atoms with Crippen molar-refractivity contribution in [2.24, 2.45) is 5.92 Å². The molecule has 0 radical (unpaired) electrons. The van der Waals surface area contributed by atoms with E-state index in [1.54, 1.807) is 0 Å². The van der Waals surface area contributed by atoms with Crippen molar-refractivity contribution in [3.8, 4) is 0 Å². The summed E-state index contributed by atoms with van der Waals surface area (Å²) in [7, 11) is 0. The molecule has 21 heavy (non-hydrogen) atoms. The van der Waals surface area contributed by atoms with Gasteiger partial charge in [0, 0.05) is 24.9 Å². The van der Waals surface area contributed by atoms with Gasteiger partial charge in [0.1, 0.15) is 4.88 Å². The van der Waals surface area contributed by atoms with E-state index >= 15 is 0 Å². The average molecular weight is 306 g/mol. The van der Waals surface area contributed by atoms with E-state index in [2.05, 4.69) is 17.1 Å². The maximum Gasteiger partial charge on any atom is 0.347 e. The Hall–Kier alpha value is -1.69. The van der Waals surface area contributed by atoms with Crippen LogP contribution in [0.25, 0.3) is 0 Å². The molecule has 1 aliphatic carbocycles. The molecule has 1 aromatic heterocycles. The molecule has 1 aromatic rings. The fraction of sp³-hybridized carbons (Fsp3) is 0.533. The van der Waals surface area contributed by atoms with Crippen molar-refractivity contribution < 1.29 is 14.7 Å². The molecular formula is C15H18N2O3S. The minimum absolute atomic E-state index is 0.139. The molecule has 0 aromatic carbocycles. The SMILES string of the molecule is O=C(O)c1cnc(C2CCN(C(=O)C3CC=CC3)CC2)s1. The number of thiazole rings is 1. The van der Waals surface area contributed by atoms with Crippen LogP contribution in [0.3, 0.4) is 0 Å². The second-order valence-electron chi connectivity index (χ2n) is 5.61. The number of aromatic carboxylic acids is 1. The summed E-state index contributed by atoms with van der Waals surface area (Å²) >= 11 is 1.26. The predicted molar refractivity (Wildman–Crippen MR) is 79.5 cm³/mol. The first-order valence-corrected chi connectivity index (χ1v) is 8.09. The summed E-state index contributed by atoms with van der Waals surface area (Å²) in [5, 5.41) is 9.84. The Bertz CT molecular complexity index is 565. The Morgan fingerprint density at radius 3 is 2.48 bits per heavy atom. The maximum atomic E-state index is 12.3. The summed E-state index contributed by atoms with van der Waals surface area (Å²) in [5.41, 5.74) is 0. The van der Waals surface area contributed by atoms with Crippen LogP contribution in [0.2, 0.25) is 0 Å². The van der Waals surface area contributed by atoms with Crippen molar-refractivity contribution in [3.63, 3.8) is 0 Å². The molecule has 1 N–H and O–H groups in total. The van der Waals surface area contributed by atoms with Crippen LogP contribution < -0.4 is 0 Å². The lowest BCUT2D eigenvalue weighted by atomic mass is 9.96. The van der Waals surface area contributed by atoms with Gasteiger partial charge >= 0.3 is 5.97 Å². The number of carboxylic acid groups (broad SMARTS) is 1. The van der Waals surface area contributed by atoms with Crippen molar-refractivity contribution >= 4 is 23.2 Å². The number of carboxylic acids is 1. The fourth-order valence-corrected chi connectivity index (χ4v) is 3.92. The standard InChI is InChI=1S/C15H18N2O3S/c18-14(11-3-1-2-4-11)17-7-5-10(6-8-17)13-16-9-12(21-13)15(19)20/h1-2,9-11H,3-8H2,(H,19,20). The van der Waals surface area contributed by atoms with E-state index in [4.69, 9.17) is 5.11 Å². The molecule has 0 saturated carbocycles.